The Labute approximate surface area is 131 Å². The fourth-order valence-electron chi connectivity index (χ4n) is 2.50. The molecule has 1 aromatic heterocycles. The van der Waals surface area contributed by atoms with Crippen molar-refractivity contribution in [3.05, 3.63) is 70.0 Å². The van der Waals surface area contributed by atoms with Crippen LogP contribution in [0.2, 0.25) is 0 Å². The number of benzene rings is 2. The number of phenols is 1. The fraction of sp³-hybridized carbons (Fsp3) is 0.0625. The Bertz CT molecular complexity index is 894. The van der Waals surface area contributed by atoms with E-state index < -0.39 is 4.92 Å². The van der Waals surface area contributed by atoms with Gasteiger partial charge in [0, 0.05) is 18.8 Å². The third-order valence-electron chi connectivity index (χ3n) is 3.66. The molecule has 0 fully saturated rings. The van der Waals surface area contributed by atoms with Gasteiger partial charge in [-0.05, 0) is 30.3 Å². The molecule has 7 nitrogen and oxygen atoms in total. The fourth-order valence-corrected chi connectivity index (χ4v) is 2.50. The average Bonchev–Trinajstić information content (AvgIpc) is 2.54. The quantitative estimate of drug-likeness (QED) is 0.347. The number of phenolic OH excluding ortho intramolecular Hbond substituents is 1. The van der Waals surface area contributed by atoms with Gasteiger partial charge in [0.15, 0.2) is 5.69 Å². The number of aromatic nitrogens is 1. The minimum Gasteiger partial charge on any atom is -0.618 e. The zero-order chi connectivity index (χ0) is 16.6. The normalized spacial score (nSPS) is 10.7. The van der Waals surface area contributed by atoms with Crippen molar-refractivity contribution in [2.45, 2.75) is 0 Å². The van der Waals surface area contributed by atoms with E-state index in [2.05, 4.69) is 0 Å². The van der Waals surface area contributed by atoms with Crippen LogP contribution in [0.4, 0.5) is 17.1 Å². The van der Waals surface area contributed by atoms with Gasteiger partial charge < -0.3 is 15.2 Å². The Hall–Kier alpha value is -3.35. The minimum atomic E-state index is -0.491. The second-order valence-electron chi connectivity index (χ2n) is 5.04. The third kappa shape index (κ3) is 2.48. The van der Waals surface area contributed by atoms with Crippen molar-refractivity contribution in [3.63, 3.8) is 0 Å². The van der Waals surface area contributed by atoms with Gasteiger partial charge >= 0.3 is 5.69 Å². The Kier molecular flexibility index (Phi) is 3.46. The molecular weight excluding hydrogens is 298 g/mol. The first kappa shape index (κ1) is 14.6. The molecule has 0 atom stereocenters. The van der Waals surface area contributed by atoms with Crippen molar-refractivity contribution in [2.75, 3.05) is 11.9 Å². The maximum absolute atomic E-state index is 12.2. The van der Waals surface area contributed by atoms with Crippen molar-refractivity contribution in [1.82, 2.24) is 0 Å². The number of pyridine rings is 1. The summed E-state index contributed by atoms with van der Waals surface area (Å²) in [7, 11) is 1.63. The van der Waals surface area contributed by atoms with Crippen LogP contribution in [0, 0.1) is 15.3 Å². The van der Waals surface area contributed by atoms with Crippen molar-refractivity contribution >= 4 is 28.0 Å². The number of rotatable bonds is 3. The van der Waals surface area contributed by atoms with Gasteiger partial charge in [0.1, 0.15) is 11.1 Å². The lowest BCUT2D eigenvalue weighted by molar-refractivity contribution is -0.576. The molecule has 2 aromatic carbocycles. The monoisotopic (exact) mass is 311 g/mol. The largest absolute Gasteiger partial charge is 0.618 e. The highest BCUT2D eigenvalue weighted by atomic mass is 16.6. The van der Waals surface area contributed by atoms with E-state index in [1.165, 1.54) is 18.3 Å². The third-order valence-corrected chi connectivity index (χ3v) is 3.66. The van der Waals surface area contributed by atoms with Gasteiger partial charge in [-0.25, -0.2) is 0 Å². The van der Waals surface area contributed by atoms with Crippen molar-refractivity contribution in [3.8, 4) is 5.75 Å². The molecule has 116 valence electrons. The number of anilines is 2. The first-order chi connectivity index (χ1) is 11.0. The van der Waals surface area contributed by atoms with Crippen LogP contribution in [0.25, 0.3) is 10.9 Å². The van der Waals surface area contributed by atoms with E-state index in [0.717, 1.165) is 0 Å². The molecule has 7 heteroatoms. The van der Waals surface area contributed by atoms with Crippen LogP contribution in [-0.4, -0.2) is 17.1 Å². The summed E-state index contributed by atoms with van der Waals surface area (Å²) in [6.45, 7) is 0. The molecule has 0 radical (unpaired) electrons. The molecule has 0 aliphatic rings. The van der Waals surface area contributed by atoms with Gasteiger partial charge in [-0.15, -0.1) is 0 Å². The second-order valence-corrected chi connectivity index (χ2v) is 5.04. The van der Waals surface area contributed by atoms with Crippen LogP contribution in [0.3, 0.4) is 0 Å². The van der Waals surface area contributed by atoms with E-state index in [-0.39, 0.29) is 28.0 Å². The summed E-state index contributed by atoms with van der Waals surface area (Å²) in [4.78, 5) is 12.6. The molecule has 23 heavy (non-hydrogen) atoms. The molecule has 0 aliphatic carbocycles. The van der Waals surface area contributed by atoms with E-state index in [1.807, 2.05) is 0 Å². The van der Waals surface area contributed by atoms with Crippen LogP contribution in [0.5, 0.6) is 5.75 Å². The number of hydrogen-bond acceptors (Lipinski definition) is 5. The minimum absolute atomic E-state index is 0.0917. The molecule has 1 N–H and O–H groups in total. The van der Waals surface area contributed by atoms with E-state index in [9.17, 15) is 20.4 Å². The molecule has 0 unspecified atom stereocenters. The molecule has 0 bridgehead atoms. The number of nitrogens with zero attached hydrogens (tertiary/aromatic N) is 3. The van der Waals surface area contributed by atoms with Crippen LogP contribution < -0.4 is 9.63 Å². The maximum Gasteiger partial charge on any atom is 0.313 e. The molecule has 0 saturated heterocycles. The van der Waals surface area contributed by atoms with Crippen molar-refractivity contribution < 1.29 is 14.8 Å². The lowest BCUT2D eigenvalue weighted by Crippen LogP contribution is -2.29. The molecule has 3 aromatic rings. The van der Waals surface area contributed by atoms with Crippen molar-refractivity contribution in [1.29, 1.82) is 0 Å². The molecule has 0 aliphatic heterocycles. The van der Waals surface area contributed by atoms with Gasteiger partial charge in [0.2, 0.25) is 11.7 Å². The van der Waals surface area contributed by atoms with Crippen LogP contribution >= 0.6 is 0 Å². The zero-order valence-electron chi connectivity index (χ0n) is 12.2. The Morgan fingerprint density at radius 1 is 1.13 bits per heavy atom. The topological polar surface area (TPSA) is 93.5 Å². The maximum atomic E-state index is 12.2. The van der Waals surface area contributed by atoms with Crippen LogP contribution in [0.1, 0.15) is 0 Å². The van der Waals surface area contributed by atoms with Crippen molar-refractivity contribution in [2.24, 2.45) is 0 Å². The lowest BCUT2D eigenvalue weighted by Gasteiger charge is -2.19. The number of hydrogen-bond donors (Lipinski definition) is 1. The molecule has 0 spiro atoms. The van der Waals surface area contributed by atoms with Crippen LogP contribution in [0.15, 0.2) is 54.7 Å². The molecular formula is C16H13N3O4. The molecule has 3 rings (SSSR count). The Morgan fingerprint density at radius 2 is 1.78 bits per heavy atom. The summed E-state index contributed by atoms with van der Waals surface area (Å²) in [5.41, 5.74) is 0.890. The molecule has 0 amide bonds. The predicted molar refractivity (Wildman–Crippen MR) is 85.7 cm³/mol. The van der Waals surface area contributed by atoms with Gasteiger partial charge in [0.25, 0.3) is 0 Å². The first-order valence-corrected chi connectivity index (χ1v) is 6.81. The van der Waals surface area contributed by atoms with Gasteiger partial charge in [0.05, 0.1) is 4.92 Å². The highest BCUT2D eigenvalue weighted by Gasteiger charge is 2.27. The Morgan fingerprint density at radius 3 is 2.43 bits per heavy atom. The zero-order valence-corrected chi connectivity index (χ0v) is 12.2. The SMILES string of the molecule is CN(c1ccc(O)cc1)c1c[n+]([O-])c2ccccc2c1[N+](=O)[O-]. The highest BCUT2D eigenvalue weighted by molar-refractivity contribution is 5.93. The summed E-state index contributed by atoms with van der Waals surface area (Å²) in [6, 6.07) is 12.6. The van der Waals surface area contributed by atoms with Gasteiger partial charge in [-0.2, -0.15) is 4.73 Å². The number of aromatic hydroxyl groups is 1. The standard InChI is InChI=1S/C16H13N3O4/c1-17(11-6-8-12(20)9-7-11)15-10-18(21)14-5-3-2-4-13(14)16(15)19(22)23/h2-10,20H,1H3. The van der Waals surface area contributed by atoms with Crippen LogP contribution in [-0.2, 0) is 0 Å². The summed E-state index contributed by atoms with van der Waals surface area (Å²) in [5, 5.41) is 33.4. The summed E-state index contributed by atoms with van der Waals surface area (Å²) < 4.78 is 0.620. The van der Waals surface area contributed by atoms with E-state index in [1.54, 1.807) is 48.3 Å². The smallest absolute Gasteiger partial charge is 0.313 e. The van der Waals surface area contributed by atoms with E-state index >= 15 is 0 Å². The predicted octanol–water partition coefficient (Wildman–Crippen LogP) is 2.85. The lowest BCUT2D eigenvalue weighted by atomic mass is 10.1. The summed E-state index contributed by atoms with van der Waals surface area (Å²) in [6.07, 6.45) is 1.19. The molecule has 0 saturated carbocycles. The van der Waals surface area contributed by atoms with E-state index in [4.69, 9.17) is 0 Å². The first-order valence-electron chi connectivity index (χ1n) is 6.81. The van der Waals surface area contributed by atoms with Gasteiger partial charge in [-0.1, -0.05) is 12.1 Å². The Balaban J connectivity index is 2.26. The number of para-hydroxylation sites is 1. The summed E-state index contributed by atoms with van der Waals surface area (Å²) >= 11 is 0. The van der Waals surface area contributed by atoms with E-state index in [0.29, 0.717) is 10.4 Å². The average molecular weight is 311 g/mol. The number of fused-ring (bicyclic) bond motifs is 1. The highest BCUT2D eigenvalue weighted by Crippen LogP contribution is 2.36. The van der Waals surface area contributed by atoms with Gasteiger partial charge in [-0.3, -0.25) is 10.1 Å². The summed E-state index contributed by atoms with van der Waals surface area (Å²) in [5.74, 6) is 0.0917. The second kappa shape index (κ2) is 5.45. The number of nitro groups is 1. The molecule has 1 heterocycles.